The molecule has 1 aliphatic carbocycles. The van der Waals surface area contributed by atoms with Gasteiger partial charge in [0, 0.05) is 31.5 Å². The van der Waals surface area contributed by atoms with E-state index in [9.17, 15) is 4.79 Å². The minimum atomic E-state index is 0.0560. The fraction of sp³-hybridized carbons (Fsp3) is 0.583. The number of nitrogens with one attached hydrogen (secondary N) is 1. The van der Waals surface area contributed by atoms with Crippen LogP contribution in [0.2, 0.25) is 0 Å². The number of carbonyl (C=O) groups excluding carboxylic acids is 1. The van der Waals surface area contributed by atoms with E-state index in [1.54, 1.807) is 12.4 Å². The molecule has 5 heteroatoms. The van der Waals surface area contributed by atoms with Crippen LogP contribution < -0.4 is 5.32 Å². The van der Waals surface area contributed by atoms with Gasteiger partial charge < -0.3 is 10.2 Å². The number of aromatic nitrogens is 2. The standard InChI is InChI=1S/C12H16N4O/c17-11(16-5-1-2-6-16)9-7-13-12(14-8-9)15-10-3-4-10/h7-8,10H,1-6H2,(H,13,14,15). The molecule has 1 amide bonds. The SMILES string of the molecule is O=C(c1cnc(NC2CC2)nc1)N1CCCC1. The van der Waals surface area contributed by atoms with E-state index < -0.39 is 0 Å². The van der Waals surface area contributed by atoms with Crippen molar-refractivity contribution in [3.05, 3.63) is 18.0 Å². The first kappa shape index (κ1) is 10.5. The molecule has 1 saturated carbocycles. The van der Waals surface area contributed by atoms with Crippen LogP contribution in [0, 0.1) is 0 Å². The van der Waals surface area contributed by atoms with Crippen LogP contribution in [0.5, 0.6) is 0 Å². The van der Waals surface area contributed by atoms with Gasteiger partial charge in [-0.1, -0.05) is 0 Å². The lowest BCUT2D eigenvalue weighted by Crippen LogP contribution is -2.27. The molecule has 3 rings (SSSR count). The van der Waals surface area contributed by atoms with Crippen LogP contribution in [-0.2, 0) is 0 Å². The number of likely N-dealkylation sites (tertiary alicyclic amines) is 1. The lowest BCUT2D eigenvalue weighted by Gasteiger charge is -2.14. The Morgan fingerprint density at radius 1 is 1.24 bits per heavy atom. The summed E-state index contributed by atoms with van der Waals surface area (Å²) in [5, 5.41) is 3.20. The van der Waals surface area contributed by atoms with E-state index in [4.69, 9.17) is 0 Å². The molecule has 17 heavy (non-hydrogen) atoms. The van der Waals surface area contributed by atoms with Gasteiger partial charge in [-0.3, -0.25) is 4.79 Å². The quantitative estimate of drug-likeness (QED) is 0.853. The molecule has 90 valence electrons. The molecule has 0 unspecified atom stereocenters. The highest BCUT2D eigenvalue weighted by molar-refractivity contribution is 5.93. The van der Waals surface area contributed by atoms with Crippen molar-refractivity contribution in [3.8, 4) is 0 Å². The Labute approximate surface area is 100 Å². The summed E-state index contributed by atoms with van der Waals surface area (Å²) in [6.07, 6.45) is 7.84. The first-order chi connectivity index (χ1) is 8.33. The van der Waals surface area contributed by atoms with Gasteiger partial charge in [0.25, 0.3) is 5.91 Å². The molecule has 0 bridgehead atoms. The summed E-state index contributed by atoms with van der Waals surface area (Å²) in [5.74, 6) is 0.686. The van der Waals surface area contributed by atoms with Crippen LogP contribution in [-0.4, -0.2) is 39.9 Å². The average Bonchev–Trinajstić information content (AvgIpc) is 3.00. The van der Waals surface area contributed by atoms with Crippen molar-refractivity contribution in [3.63, 3.8) is 0 Å². The van der Waals surface area contributed by atoms with Crippen LogP contribution in [0.3, 0.4) is 0 Å². The molecular formula is C12H16N4O. The predicted octanol–water partition coefficient (Wildman–Crippen LogP) is 1.29. The van der Waals surface area contributed by atoms with Crippen LogP contribution >= 0.6 is 0 Å². The Hall–Kier alpha value is -1.65. The van der Waals surface area contributed by atoms with Crippen molar-refractivity contribution in [1.82, 2.24) is 14.9 Å². The molecule has 0 atom stereocenters. The zero-order valence-electron chi connectivity index (χ0n) is 9.72. The molecule has 0 aromatic carbocycles. The van der Waals surface area contributed by atoms with E-state index in [2.05, 4.69) is 15.3 Å². The number of nitrogens with zero attached hydrogens (tertiary/aromatic N) is 3. The van der Waals surface area contributed by atoms with E-state index in [0.29, 0.717) is 17.6 Å². The first-order valence-electron chi connectivity index (χ1n) is 6.21. The van der Waals surface area contributed by atoms with Crippen molar-refractivity contribution < 1.29 is 4.79 Å². The Morgan fingerprint density at radius 3 is 2.47 bits per heavy atom. The molecule has 1 aromatic heterocycles. The second kappa shape index (κ2) is 4.31. The highest BCUT2D eigenvalue weighted by Crippen LogP contribution is 2.22. The van der Waals surface area contributed by atoms with Gasteiger partial charge in [-0.2, -0.15) is 0 Å². The fourth-order valence-electron chi connectivity index (χ4n) is 2.03. The van der Waals surface area contributed by atoms with E-state index >= 15 is 0 Å². The topological polar surface area (TPSA) is 58.1 Å². The molecular weight excluding hydrogens is 216 g/mol. The summed E-state index contributed by atoms with van der Waals surface area (Å²) in [5.41, 5.74) is 0.591. The van der Waals surface area contributed by atoms with Gasteiger partial charge in [-0.05, 0) is 25.7 Å². The maximum Gasteiger partial charge on any atom is 0.256 e. The van der Waals surface area contributed by atoms with Gasteiger partial charge in [-0.15, -0.1) is 0 Å². The van der Waals surface area contributed by atoms with Crippen molar-refractivity contribution in [2.45, 2.75) is 31.7 Å². The normalized spacial score (nSPS) is 19.4. The Morgan fingerprint density at radius 2 is 1.88 bits per heavy atom. The first-order valence-corrected chi connectivity index (χ1v) is 6.21. The Bertz CT molecular complexity index is 407. The summed E-state index contributed by atoms with van der Waals surface area (Å²) in [4.78, 5) is 22.2. The number of hydrogen-bond donors (Lipinski definition) is 1. The zero-order chi connectivity index (χ0) is 11.7. The third-order valence-electron chi connectivity index (χ3n) is 3.20. The van der Waals surface area contributed by atoms with Crippen molar-refractivity contribution in [2.75, 3.05) is 18.4 Å². The Kier molecular flexibility index (Phi) is 2.66. The molecule has 2 aliphatic rings. The largest absolute Gasteiger partial charge is 0.351 e. The van der Waals surface area contributed by atoms with Crippen LogP contribution in [0.25, 0.3) is 0 Å². The highest BCUT2D eigenvalue weighted by Gasteiger charge is 2.23. The molecule has 2 heterocycles. The third-order valence-corrected chi connectivity index (χ3v) is 3.20. The van der Waals surface area contributed by atoms with Gasteiger partial charge in [0.05, 0.1) is 5.56 Å². The molecule has 0 spiro atoms. The summed E-state index contributed by atoms with van der Waals surface area (Å²) in [7, 11) is 0. The van der Waals surface area contributed by atoms with Gasteiger partial charge in [0.2, 0.25) is 5.95 Å². The molecule has 1 aromatic rings. The second-order valence-electron chi connectivity index (χ2n) is 4.71. The molecule has 1 aliphatic heterocycles. The Balaban J connectivity index is 1.67. The number of amides is 1. The van der Waals surface area contributed by atoms with Gasteiger partial charge >= 0.3 is 0 Å². The summed E-state index contributed by atoms with van der Waals surface area (Å²) >= 11 is 0. The maximum atomic E-state index is 12.0. The minimum Gasteiger partial charge on any atom is -0.351 e. The monoisotopic (exact) mass is 232 g/mol. The highest BCUT2D eigenvalue weighted by atomic mass is 16.2. The zero-order valence-corrected chi connectivity index (χ0v) is 9.72. The van der Waals surface area contributed by atoms with Crippen molar-refractivity contribution in [1.29, 1.82) is 0 Å². The number of carbonyl (C=O) groups is 1. The molecule has 2 fully saturated rings. The average molecular weight is 232 g/mol. The van der Waals surface area contributed by atoms with Crippen molar-refractivity contribution in [2.24, 2.45) is 0 Å². The van der Waals surface area contributed by atoms with Crippen LogP contribution in [0.1, 0.15) is 36.0 Å². The minimum absolute atomic E-state index is 0.0560. The van der Waals surface area contributed by atoms with E-state index in [1.165, 1.54) is 12.8 Å². The van der Waals surface area contributed by atoms with Crippen molar-refractivity contribution >= 4 is 11.9 Å². The van der Waals surface area contributed by atoms with Crippen LogP contribution in [0.15, 0.2) is 12.4 Å². The lowest BCUT2D eigenvalue weighted by molar-refractivity contribution is 0.0792. The number of anilines is 1. The van der Waals surface area contributed by atoms with Gasteiger partial charge in [0.15, 0.2) is 0 Å². The molecule has 1 saturated heterocycles. The molecule has 5 nitrogen and oxygen atoms in total. The van der Waals surface area contributed by atoms with E-state index in [0.717, 1.165) is 25.9 Å². The second-order valence-corrected chi connectivity index (χ2v) is 4.71. The lowest BCUT2D eigenvalue weighted by atomic mass is 10.3. The van der Waals surface area contributed by atoms with Crippen LogP contribution in [0.4, 0.5) is 5.95 Å². The predicted molar refractivity (Wildman–Crippen MR) is 63.8 cm³/mol. The summed E-state index contributed by atoms with van der Waals surface area (Å²) in [6, 6.07) is 0.537. The van der Waals surface area contributed by atoms with E-state index in [1.807, 2.05) is 4.90 Å². The fourth-order valence-corrected chi connectivity index (χ4v) is 2.03. The summed E-state index contributed by atoms with van der Waals surface area (Å²) < 4.78 is 0. The van der Waals surface area contributed by atoms with Gasteiger partial charge in [0.1, 0.15) is 0 Å². The summed E-state index contributed by atoms with van der Waals surface area (Å²) in [6.45, 7) is 1.72. The molecule has 1 N–H and O–H groups in total. The van der Waals surface area contributed by atoms with E-state index in [-0.39, 0.29) is 5.91 Å². The smallest absolute Gasteiger partial charge is 0.256 e. The maximum absolute atomic E-state index is 12.0. The molecule has 0 radical (unpaired) electrons. The number of rotatable bonds is 3. The van der Waals surface area contributed by atoms with Gasteiger partial charge in [-0.25, -0.2) is 9.97 Å². The third kappa shape index (κ3) is 2.38. The number of hydrogen-bond acceptors (Lipinski definition) is 4.